The number of nitrogens with zero attached hydrogens (tertiary/aromatic N) is 4. The number of aromatic hydroxyl groups is 3. The molecule has 17 bridgehead atoms. The SMILES string of the molecule is CC(=O)[O-].CCCCCCCCCCCC(=O)N[C@H]1[C@H](Oc2c3cc4cc2Oc2ccc(cc2Cl)[C@@H](O)[C@@H]2NC(=O)[C@H](NC(=O)[C@@H]4NC(=O)[C@H]4NC(=O)[C@@H](Cc5ccc(cc5)O3)NC(=O)[C@H](NC)c3ccc(O)c(c3)Oc3cc(O[P+](N5CCCC5)(N5CCCC5)N5CCCC5)c(Cl)c4c3)c3ccc(O)c(c3)-c3c(O[C@H]4O[C@H](CO)[C@@H](O)[C@H](O)[C@@H]4O)cc(O)cc3[C@H](C(=O)NCCCN(C)C)NC2=O)O[C@H](C(=O)OC)[C@@H](O)[C@@H]1O. The van der Waals surface area contributed by atoms with E-state index in [0.717, 1.165) is 146 Å². The van der Waals surface area contributed by atoms with Crippen LogP contribution in [0.2, 0.25) is 10.0 Å². The molecule has 149 heavy (non-hydrogen) atoms. The predicted molar refractivity (Wildman–Crippen MR) is 536 cm³/mol. The van der Waals surface area contributed by atoms with Gasteiger partial charge in [0.25, 0.3) is 0 Å². The van der Waals surface area contributed by atoms with Crippen molar-refractivity contribution in [3.8, 4) is 80.1 Å². The van der Waals surface area contributed by atoms with Gasteiger partial charge in [-0.1, -0.05) is 112 Å². The van der Waals surface area contributed by atoms with Crippen molar-refractivity contribution >= 4 is 90.3 Å². The molecule has 18 atom stereocenters. The van der Waals surface area contributed by atoms with E-state index in [4.69, 9.17) is 75.5 Å². The number of nitrogens with one attached hydrogen (secondary N) is 9. The zero-order chi connectivity index (χ0) is 107. The van der Waals surface area contributed by atoms with Gasteiger partial charge in [-0.3, -0.25) is 42.9 Å². The summed E-state index contributed by atoms with van der Waals surface area (Å²) < 4.78 is 66.2. The third kappa shape index (κ3) is 25.5. The minimum absolute atomic E-state index is 0.0701. The number of aliphatic hydroxyl groups is 7. The van der Waals surface area contributed by atoms with Gasteiger partial charge in [-0.05, 0) is 192 Å². The number of benzene rings is 7. The fourth-order valence-electron chi connectivity index (χ4n) is 19.8. The second kappa shape index (κ2) is 49.8. The molecule has 19 N–H and O–H groups in total. The van der Waals surface area contributed by atoms with Crippen LogP contribution >= 0.6 is 31.1 Å². The van der Waals surface area contributed by atoms with E-state index in [1.54, 1.807) is 14.1 Å². The number of methoxy groups -OCH3 is 1. The van der Waals surface area contributed by atoms with Gasteiger partial charge in [-0.2, -0.15) is 0 Å². The molecule has 5 saturated heterocycles. The summed E-state index contributed by atoms with van der Waals surface area (Å²) in [4.78, 5) is 154. The average Bonchev–Trinajstić information content (AvgIpc) is 1.67. The zero-order valence-corrected chi connectivity index (χ0v) is 85.5. The number of amides is 8. The van der Waals surface area contributed by atoms with Gasteiger partial charge in [0.05, 0.1) is 23.8 Å². The summed E-state index contributed by atoms with van der Waals surface area (Å²) in [5, 5.41) is 152. The lowest BCUT2D eigenvalue weighted by molar-refractivity contribution is -0.302. The lowest BCUT2D eigenvalue weighted by Gasteiger charge is -2.41. The quantitative estimate of drug-likeness (QED) is 0.0157. The largest absolute Gasteiger partial charge is 0.550 e. The highest BCUT2D eigenvalue weighted by Crippen LogP contribution is 2.71. The second-order valence-corrected chi connectivity index (χ2v) is 42.2. The van der Waals surface area contributed by atoms with E-state index in [2.05, 4.69) is 68.8 Å². The molecule has 8 amide bonds. The first kappa shape index (κ1) is 111. The first-order valence-corrected chi connectivity index (χ1v) is 52.4. The van der Waals surface area contributed by atoms with Gasteiger partial charge in [0.1, 0.15) is 126 Å². The maximum Gasteiger partial charge on any atom is 0.417 e. The Bertz CT molecular complexity index is 5970. The second-order valence-electron chi connectivity index (χ2n) is 38.5. The number of esters is 1. The summed E-state index contributed by atoms with van der Waals surface area (Å²) in [6, 6.07) is 7.82. The number of ether oxygens (including phenoxy) is 8. The number of rotatable bonds is 28. The minimum atomic E-state index is -3.21. The van der Waals surface area contributed by atoms with Crippen LogP contribution in [0.25, 0.3) is 11.1 Å². The Kier molecular flexibility index (Phi) is 37.1. The molecule has 11 aliphatic rings. The molecular formula is C103H128Cl2N13O30P. The van der Waals surface area contributed by atoms with Crippen LogP contribution in [0, 0.1) is 0 Å². The fraction of sp³-hybridized carbons (Fsp3) is 0.495. The zero-order valence-electron chi connectivity index (χ0n) is 83.1. The van der Waals surface area contributed by atoms with Crippen molar-refractivity contribution in [2.45, 2.75) is 239 Å². The van der Waals surface area contributed by atoms with Crippen LogP contribution in [0.3, 0.4) is 0 Å². The predicted octanol–water partition coefficient (Wildman–Crippen LogP) is 5.79. The van der Waals surface area contributed by atoms with Gasteiger partial charge in [0.15, 0.2) is 29.1 Å². The summed E-state index contributed by atoms with van der Waals surface area (Å²) in [6.07, 6.45) is -7.84. The summed E-state index contributed by atoms with van der Waals surface area (Å²) in [7, 11) is 2.83. The van der Waals surface area contributed by atoms with Crippen LogP contribution < -0.4 is 81.2 Å². The Morgan fingerprint density at radius 1 is 0.550 bits per heavy atom. The highest BCUT2D eigenvalue weighted by Gasteiger charge is 2.63. The number of carbonyl (C=O) groups excluding carboxylic acids is 10. The normalized spacial score (nSPS) is 25.8. The van der Waals surface area contributed by atoms with Crippen LogP contribution in [-0.4, -0.2) is 290 Å². The Hall–Kier alpha value is -12.1. The van der Waals surface area contributed by atoms with Crippen molar-refractivity contribution in [1.82, 2.24) is 66.8 Å². The Morgan fingerprint density at radius 2 is 1.14 bits per heavy atom. The van der Waals surface area contributed by atoms with Crippen molar-refractivity contribution in [3.63, 3.8) is 0 Å². The van der Waals surface area contributed by atoms with Crippen molar-refractivity contribution in [2.24, 2.45) is 0 Å². The van der Waals surface area contributed by atoms with E-state index in [9.17, 15) is 60.7 Å². The number of hydrogen-bond donors (Lipinski definition) is 19. The molecular weight excluding hydrogens is 2000 g/mol. The number of phenolic OH excluding ortho intramolecular Hbond substituents is 3. The van der Waals surface area contributed by atoms with E-state index >= 15 is 33.6 Å². The Balaban J connectivity index is 0.00000408. The molecule has 7 aromatic carbocycles. The number of halogens is 2. The van der Waals surface area contributed by atoms with E-state index in [-0.39, 0.29) is 75.4 Å². The molecule has 0 aromatic heterocycles. The number of carboxylic acid groups (broad SMARTS) is 1. The number of aliphatic hydroxyl groups excluding tert-OH is 7. The van der Waals surface area contributed by atoms with Crippen molar-refractivity contribution in [1.29, 1.82) is 0 Å². The standard InChI is InChI=1S/C101H124Cl2N13O28P.C2H4O2/c1-6-7-8-9-10-11-12-13-14-22-74(121)107-83-86(124)88(126)91(99(135)136-5)143-100(83)142-90-71-45-56-46-72(90)139-67-32-27-55(43-63(67)102)84(122)82-98(134)111-80(93(129)105-33-21-34-113(3)4)61-47-57(118)48-69(140-101-89(127)87(125)85(123)73(51-117)141-101)75(61)60-42-53(25-30-65(60)119)78(95(131)112-82)108-96(132)79(56)109-97(133)81-62-49-59(50-70(76(62)103)144-145(114-35-15-16-36-114,115-37-17-18-38-115)116-39-19-20-40-116)138-68-44-54(26-31-66(68)120)77(104-2)94(130)106-64(92(128)110-81)41-52-23-28-58(137-71)29-24-52;1-2(3)4/h23-32,42-50,64,73,77-89,91,100-101,104,117,122-127H,6-22,33-41,51H2,1-5H3,(H10-,105,106,107,108,109,110,111,112,118,119,120,121,128,129,130,131,132,133,134);1H3,(H,3,4)/t64-,73-,77-,78-,79-,80-,81+,82+,83-,84-,85-,86-,87+,88+,89+,91+,100-,101+;/m1./s1. The molecule has 43 nitrogen and oxygen atoms in total. The molecule has 804 valence electrons. The number of likely N-dealkylation sites (N-methyl/N-ethyl adjacent to an activating group) is 1. The lowest BCUT2D eigenvalue weighted by atomic mass is 9.89. The van der Waals surface area contributed by atoms with Gasteiger partial charge in [0.2, 0.25) is 71.3 Å². The van der Waals surface area contributed by atoms with Gasteiger partial charge in [-0.15, -0.1) is 14.0 Å². The van der Waals surface area contributed by atoms with Crippen LogP contribution in [-0.2, 0) is 68.6 Å². The first-order valence-electron chi connectivity index (χ1n) is 50.1. The van der Waals surface area contributed by atoms with Gasteiger partial charge >= 0.3 is 13.9 Å². The fourth-order valence-corrected chi connectivity index (χ4v) is 24.6. The molecule has 0 saturated carbocycles. The molecule has 0 radical (unpaired) electrons. The maximum absolute atomic E-state index is 17.4. The monoisotopic (exact) mass is 2130 g/mol. The third-order valence-electron chi connectivity index (χ3n) is 27.6. The van der Waals surface area contributed by atoms with E-state index in [1.165, 1.54) is 73.8 Å². The molecule has 46 heteroatoms. The summed E-state index contributed by atoms with van der Waals surface area (Å²) >= 11 is 15.5. The molecule has 0 unspecified atom stereocenters. The lowest BCUT2D eigenvalue weighted by Crippen LogP contribution is -2.66. The van der Waals surface area contributed by atoms with Crippen molar-refractivity contribution in [2.75, 3.05) is 87.2 Å². The molecule has 11 aliphatic heterocycles. The smallest absolute Gasteiger partial charge is 0.417 e. The molecule has 0 aliphatic carbocycles. The highest BCUT2D eigenvalue weighted by molar-refractivity contribution is 7.64. The molecule has 11 heterocycles. The number of fused-ring (bicyclic) bond motifs is 14. The number of aliphatic carboxylic acids is 1. The van der Waals surface area contributed by atoms with Gasteiger partial charge < -0.3 is 152 Å². The average molecular weight is 2130 g/mol. The number of carbonyl (C=O) groups is 10. The van der Waals surface area contributed by atoms with E-state index < -0.39 is 251 Å². The first-order chi connectivity index (χ1) is 71.5. The Labute approximate surface area is 869 Å². The molecule has 18 rings (SSSR count). The van der Waals surface area contributed by atoms with Crippen LogP contribution in [0.5, 0.6) is 69.0 Å². The highest BCUT2D eigenvalue weighted by atomic mass is 35.5. The topological polar surface area (TPSA) is 600 Å². The summed E-state index contributed by atoms with van der Waals surface area (Å²) in [6.45, 7) is 6.18. The Morgan fingerprint density at radius 3 is 1.77 bits per heavy atom. The maximum atomic E-state index is 17.4. The minimum Gasteiger partial charge on any atom is -0.550 e. The van der Waals surface area contributed by atoms with Crippen LogP contribution in [0.15, 0.2) is 115 Å². The molecule has 7 aromatic rings. The summed E-state index contributed by atoms with van der Waals surface area (Å²) in [5.41, 5.74) is -2.15. The van der Waals surface area contributed by atoms with Gasteiger partial charge in [-0.25, -0.2) is 4.79 Å². The van der Waals surface area contributed by atoms with Crippen molar-refractivity contribution in [3.05, 3.63) is 164 Å². The number of carboxylic acids is 1. The van der Waals surface area contributed by atoms with E-state index in [1.807, 2.05) is 4.90 Å². The summed E-state index contributed by atoms with van der Waals surface area (Å²) in [5.74, 6) is -16.6. The van der Waals surface area contributed by atoms with Crippen molar-refractivity contribution < 1.29 is 147 Å². The number of unbranched alkanes of at least 4 members (excludes halogenated alkanes) is 8. The number of phenols is 3. The third-order valence-corrected chi connectivity index (χ3v) is 32.1. The molecule has 0 spiro atoms. The van der Waals surface area contributed by atoms with E-state index in [0.29, 0.717) is 70.6 Å². The van der Waals surface area contributed by atoms with Gasteiger partial charge in [0, 0.05) is 93.4 Å². The van der Waals surface area contributed by atoms with Crippen LogP contribution in [0.4, 0.5) is 0 Å². The molecule has 5 fully saturated rings. The van der Waals surface area contributed by atoms with Crippen LogP contribution in [0.1, 0.15) is 198 Å². The number of hydrogen-bond acceptors (Lipinski definition) is 35.